The van der Waals surface area contributed by atoms with Crippen LogP contribution in [-0.4, -0.2) is 37.9 Å². The third-order valence-corrected chi connectivity index (χ3v) is 6.31. The van der Waals surface area contributed by atoms with E-state index in [1.807, 2.05) is 12.1 Å². The fourth-order valence-corrected chi connectivity index (χ4v) is 4.45. The van der Waals surface area contributed by atoms with E-state index in [2.05, 4.69) is 33.8 Å². The van der Waals surface area contributed by atoms with Crippen LogP contribution in [0.3, 0.4) is 0 Å². The SMILES string of the molecule is CCN(CC)c1ccc(CNC(=O)c2cc(S(=O)(=O)NC(C)(C)C)ccc2C)cn1. The van der Waals surface area contributed by atoms with Crippen molar-refractivity contribution in [3.63, 3.8) is 0 Å². The van der Waals surface area contributed by atoms with Gasteiger partial charge in [-0.15, -0.1) is 0 Å². The molecule has 0 fully saturated rings. The van der Waals surface area contributed by atoms with Gasteiger partial charge >= 0.3 is 0 Å². The Hall–Kier alpha value is -2.45. The second-order valence-corrected chi connectivity index (χ2v) is 9.89. The number of amides is 1. The van der Waals surface area contributed by atoms with Gasteiger partial charge in [0.05, 0.1) is 4.90 Å². The second-order valence-electron chi connectivity index (χ2n) is 8.21. The standard InChI is InChI=1S/C22H32N4O3S/c1-7-26(8-2)20-12-10-17(14-23-20)15-24-21(27)19-13-18(11-9-16(19)3)30(28,29)25-22(4,5)6/h9-14,25H,7-8,15H2,1-6H3,(H,24,27). The molecule has 8 heteroatoms. The largest absolute Gasteiger partial charge is 0.357 e. The fourth-order valence-electron chi connectivity index (χ4n) is 3.01. The Morgan fingerprint density at radius 1 is 1.10 bits per heavy atom. The highest BCUT2D eigenvalue weighted by atomic mass is 32.2. The molecule has 0 atom stereocenters. The Balaban J connectivity index is 2.14. The van der Waals surface area contributed by atoms with Crippen molar-refractivity contribution in [3.05, 3.63) is 53.2 Å². The maximum atomic E-state index is 12.7. The number of anilines is 1. The molecule has 0 saturated carbocycles. The summed E-state index contributed by atoms with van der Waals surface area (Å²) in [6, 6.07) is 8.44. The lowest BCUT2D eigenvalue weighted by molar-refractivity contribution is 0.0950. The first-order valence-corrected chi connectivity index (χ1v) is 11.6. The van der Waals surface area contributed by atoms with Gasteiger partial charge in [0.25, 0.3) is 5.91 Å². The zero-order chi connectivity index (χ0) is 22.5. The van der Waals surface area contributed by atoms with Crippen molar-refractivity contribution >= 4 is 21.7 Å². The van der Waals surface area contributed by atoms with Gasteiger partial charge in [-0.25, -0.2) is 18.1 Å². The van der Waals surface area contributed by atoms with E-state index in [-0.39, 0.29) is 10.8 Å². The van der Waals surface area contributed by atoms with Crippen molar-refractivity contribution in [1.82, 2.24) is 15.0 Å². The number of benzene rings is 1. The summed E-state index contributed by atoms with van der Waals surface area (Å²) in [6.07, 6.45) is 1.74. The summed E-state index contributed by atoms with van der Waals surface area (Å²) in [5, 5.41) is 2.85. The number of pyridine rings is 1. The molecule has 164 valence electrons. The summed E-state index contributed by atoms with van der Waals surface area (Å²) >= 11 is 0. The van der Waals surface area contributed by atoms with E-state index < -0.39 is 15.6 Å². The molecule has 0 radical (unpaired) electrons. The van der Waals surface area contributed by atoms with Crippen LogP contribution < -0.4 is 14.9 Å². The molecule has 0 spiro atoms. The van der Waals surface area contributed by atoms with Gasteiger partial charge in [0.2, 0.25) is 10.0 Å². The van der Waals surface area contributed by atoms with Crippen molar-refractivity contribution in [1.29, 1.82) is 0 Å². The van der Waals surface area contributed by atoms with Crippen molar-refractivity contribution in [2.75, 3.05) is 18.0 Å². The number of rotatable bonds is 8. The van der Waals surface area contributed by atoms with Crippen molar-refractivity contribution < 1.29 is 13.2 Å². The molecule has 7 nitrogen and oxygen atoms in total. The first kappa shape index (κ1) is 23.8. The Kier molecular flexibility index (Phi) is 7.60. The van der Waals surface area contributed by atoms with Crippen LogP contribution in [0.25, 0.3) is 0 Å². The van der Waals surface area contributed by atoms with E-state index in [9.17, 15) is 13.2 Å². The molecule has 0 saturated heterocycles. The topological polar surface area (TPSA) is 91.4 Å². The Bertz CT molecular complexity index is 976. The Labute approximate surface area is 180 Å². The van der Waals surface area contributed by atoms with Gasteiger partial charge in [0.15, 0.2) is 0 Å². The van der Waals surface area contributed by atoms with Gasteiger partial charge in [0.1, 0.15) is 5.82 Å². The van der Waals surface area contributed by atoms with E-state index >= 15 is 0 Å². The van der Waals surface area contributed by atoms with Gasteiger partial charge in [-0.05, 0) is 70.9 Å². The monoisotopic (exact) mass is 432 g/mol. The predicted octanol–water partition coefficient (Wildman–Crippen LogP) is 3.24. The third-order valence-electron chi connectivity index (χ3n) is 4.55. The van der Waals surface area contributed by atoms with Crippen molar-refractivity contribution in [3.8, 4) is 0 Å². The lowest BCUT2D eigenvalue weighted by Crippen LogP contribution is -2.40. The van der Waals surface area contributed by atoms with Crippen LogP contribution >= 0.6 is 0 Å². The number of carbonyl (C=O) groups excluding carboxylic acids is 1. The van der Waals surface area contributed by atoms with Crippen LogP contribution in [-0.2, 0) is 16.6 Å². The first-order chi connectivity index (χ1) is 14.0. The number of sulfonamides is 1. The fraction of sp³-hybridized carbons (Fsp3) is 0.455. The van der Waals surface area contributed by atoms with Crippen LogP contribution in [0.5, 0.6) is 0 Å². The van der Waals surface area contributed by atoms with E-state index in [0.717, 1.165) is 24.5 Å². The molecule has 0 unspecified atom stereocenters. The molecule has 0 aliphatic heterocycles. The minimum Gasteiger partial charge on any atom is -0.357 e. The normalized spacial score (nSPS) is 11.9. The van der Waals surface area contributed by atoms with Crippen LogP contribution in [0.2, 0.25) is 0 Å². The van der Waals surface area contributed by atoms with Gasteiger partial charge in [-0.3, -0.25) is 4.79 Å². The van der Waals surface area contributed by atoms with Gasteiger partial charge in [-0.2, -0.15) is 0 Å². The molecule has 2 N–H and O–H groups in total. The molecule has 0 aliphatic carbocycles. The molecule has 1 aromatic carbocycles. The lowest BCUT2D eigenvalue weighted by Gasteiger charge is -2.21. The molecule has 2 aromatic rings. The quantitative estimate of drug-likeness (QED) is 0.668. The van der Waals surface area contributed by atoms with Gasteiger partial charge in [-0.1, -0.05) is 12.1 Å². The van der Waals surface area contributed by atoms with Crippen LogP contribution in [0.1, 0.15) is 56.1 Å². The molecule has 0 aliphatic rings. The molecule has 30 heavy (non-hydrogen) atoms. The molecular formula is C22H32N4O3S. The summed E-state index contributed by atoms with van der Waals surface area (Å²) < 4.78 is 27.8. The molecule has 1 aromatic heterocycles. The van der Waals surface area contributed by atoms with Crippen LogP contribution in [0.4, 0.5) is 5.82 Å². The van der Waals surface area contributed by atoms with E-state index in [0.29, 0.717) is 17.7 Å². The molecule has 1 amide bonds. The number of aromatic nitrogens is 1. The summed E-state index contributed by atoms with van der Waals surface area (Å²) in [7, 11) is -3.72. The number of carbonyl (C=O) groups is 1. The van der Waals surface area contributed by atoms with Crippen LogP contribution in [0, 0.1) is 6.92 Å². The van der Waals surface area contributed by atoms with E-state index in [4.69, 9.17) is 0 Å². The zero-order valence-electron chi connectivity index (χ0n) is 18.6. The van der Waals surface area contributed by atoms with E-state index in [1.54, 1.807) is 40.0 Å². The number of hydrogen-bond donors (Lipinski definition) is 2. The number of aryl methyl sites for hydroxylation is 1. The highest BCUT2D eigenvalue weighted by Crippen LogP contribution is 2.18. The minimum atomic E-state index is -3.72. The minimum absolute atomic E-state index is 0.0680. The highest BCUT2D eigenvalue weighted by Gasteiger charge is 2.23. The summed E-state index contributed by atoms with van der Waals surface area (Å²) in [5.41, 5.74) is 1.29. The smallest absolute Gasteiger partial charge is 0.251 e. The average Bonchev–Trinajstić information content (AvgIpc) is 2.66. The molecular weight excluding hydrogens is 400 g/mol. The van der Waals surface area contributed by atoms with Crippen LogP contribution in [0.15, 0.2) is 41.4 Å². The summed E-state index contributed by atoms with van der Waals surface area (Å²) in [6.45, 7) is 13.3. The van der Waals surface area contributed by atoms with Gasteiger partial charge < -0.3 is 10.2 Å². The Morgan fingerprint density at radius 3 is 2.30 bits per heavy atom. The Morgan fingerprint density at radius 2 is 1.77 bits per heavy atom. The van der Waals surface area contributed by atoms with Gasteiger partial charge in [0, 0.05) is 36.9 Å². The second kappa shape index (κ2) is 9.57. The maximum absolute atomic E-state index is 12.7. The number of nitrogens with one attached hydrogen (secondary N) is 2. The lowest BCUT2D eigenvalue weighted by atomic mass is 10.1. The molecule has 2 rings (SSSR count). The summed E-state index contributed by atoms with van der Waals surface area (Å²) in [4.78, 5) is 19.4. The first-order valence-electron chi connectivity index (χ1n) is 10.1. The predicted molar refractivity (Wildman–Crippen MR) is 120 cm³/mol. The molecule has 1 heterocycles. The number of hydrogen-bond acceptors (Lipinski definition) is 5. The average molecular weight is 433 g/mol. The number of nitrogens with zero attached hydrogens (tertiary/aromatic N) is 2. The molecule has 0 bridgehead atoms. The van der Waals surface area contributed by atoms with E-state index in [1.165, 1.54) is 12.1 Å². The highest BCUT2D eigenvalue weighted by molar-refractivity contribution is 7.89. The van der Waals surface area contributed by atoms with Crippen molar-refractivity contribution in [2.24, 2.45) is 0 Å². The zero-order valence-corrected chi connectivity index (χ0v) is 19.4. The van der Waals surface area contributed by atoms with Crippen molar-refractivity contribution in [2.45, 2.75) is 58.5 Å². The third kappa shape index (κ3) is 6.27. The summed E-state index contributed by atoms with van der Waals surface area (Å²) in [5.74, 6) is 0.573. The maximum Gasteiger partial charge on any atom is 0.251 e.